The minimum atomic E-state index is 0.462. The van der Waals surface area contributed by atoms with Crippen molar-refractivity contribution in [3.8, 4) is 22.9 Å². The zero-order chi connectivity index (χ0) is 15.0. The van der Waals surface area contributed by atoms with Crippen molar-refractivity contribution in [2.24, 2.45) is 0 Å². The summed E-state index contributed by atoms with van der Waals surface area (Å²) in [5.74, 6) is 2.93. The molecule has 1 fully saturated rings. The second-order valence-electron chi connectivity index (χ2n) is 5.01. The third-order valence-corrected chi connectivity index (χ3v) is 4.29. The Labute approximate surface area is 131 Å². The van der Waals surface area contributed by atoms with Crippen molar-refractivity contribution in [2.75, 3.05) is 20.0 Å². The molecule has 0 spiro atoms. The molecule has 6 heteroatoms. The van der Waals surface area contributed by atoms with Gasteiger partial charge in [-0.05, 0) is 40.9 Å². The number of methoxy groups -OCH3 is 2. The highest BCUT2D eigenvalue weighted by Gasteiger charge is 2.29. The molecule has 5 nitrogen and oxygen atoms in total. The van der Waals surface area contributed by atoms with Crippen LogP contribution in [-0.2, 0) is 0 Å². The van der Waals surface area contributed by atoms with E-state index in [1.165, 1.54) is 0 Å². The van der Waals surface area contributed by atoms with E-state index in [1.54, 1.807) is 14.2 Å². The molecule has 0 saturated heterocycles. The van der Waals surface area contributed by atoms with Crippen LogP contribution >= 0.6 is 15.9 Å². The Bertz CT molecular complexity index is 665. The number of benzene rings is 1. The number of rotatable bonds is 4. The van der Waals surface area contributed by atoms with Gasteiger partial charge in [0.25, 0.3) is 0 Å². The molecule has 1 saturated carbocycles. The van der Waals surface area contributed by atoms with Crippen LogP contribution in [0.1, 0.15) is 24.5 Å². The number of nitrogen functional groups attached to an aromatic ring is 1. The molecule has 0 atom stereocenters. The topological polar surface area (TPSA) is 70.3 Å². The SMILES string of the molecule is COc1cc(OC)cc(-c2nc(N)c(Br)c(C3CC3)n2)c1. The lowest BCUT2D eigenvalue weighted by Crippen LogP contribution is -2.02. The van der Waals surface area contributed by atoms with Crippen molar-refractivity contribution in [3.05, 3.63) is 28.4 Å². The maximum atomic E-state index is 6.00. The van der Waals surface area contributed by atoms with E-state index in [1.807, 2.05) is 18.2 Å². The normalized spacial score (nSPS) is 14.0. The molecule has 21 heavy (non-hydrogen) atoms. The number of hydrogen-bond donors (Lipinski definition) is 1. The molecule has 1 aliphatic rings. The Hall–Kier alpha value is -1.82. The first-order valence-corrected chi connectivity index (χ1v) is 7.48. The molecule has 3 rings (SSSR count). The van der Waals surface area contributed by atoms with Crippen molar-refractivity contribution < 1.29 is 9.47 Å². The molecule has 2 N–H and O–H groups in total. The Kier molecular flexibility index (Phi) is 3.71. The number of aromatic nitrogens is 2. The van der Waals surface area contributed by atoms with E-state index in [0.717, 1.165) is 28.6 Å². The highest BCUT2D eigenvalue weighted by atomic mass is 79.9. The van der Waals surface area contributed by atoms with Gasteiger partial charge >= 0.3 is 0 Å². The van der Waals surface area contributed by atoms with Crippen LogP contribution in [0.2, 0.25) is 0 Å². The fourth-order valence-electron chi connectivity index (χ4n) is 2.18. The lowest BCUT2D eigenvalue weighted by atomic mass is 10.1. The molecule has 0 aliphatic heterocycles. The van der Waals surface area contributed by atoms with Gasteiger partial charge < -0.3 is 15.2 Å². The Morgan fingerprint density at radius 1 is 1.10 bits per heavy atom. The maximum Gasteiger partial charge on any atom is 0.162 e. The first-order valence-electron chi connectivity index (χ1n) is 6.68. The smallest absolute Gasteiger partial charge is 0.162 e. The summed E-state index contributed by atoms with van der Waals surface area (Å²) in [5.41, 5.74) is 7.82. The molecule has 0 bridgehead atoms. The molecule has 0 amide bonds. The summed E-state index contributed by atoms with van der Waals surface area (Å²) in [4.78, 5) is 9.04. The van der Waals surface area contributed by atoms with Crippen LogP contribution in [0.15, 0.2) is 22.7 Å². The quantitative estimate of drug-likeness (QED) is 0.915. The Morgan fingerprint density at radius 2 is 1.71 bits per heavy atom. The van der Waals surface area contributed by atoms with E-state index in [9.17, 15) is 0 Å². The number of ether oxygens (including phenoxy) is 2. The van der Waals surface area contributed by atoms with Crippen LogP contribution in [0.3, 0.4) is 0 Å². The van der Waals surface area contributed by atoms with Crippen molar-refractivity contribution in [2.45, 2.75) is 18.8 Å². The van der Waals surface area contributed by atoms with Crippen LogP contribution in [0.5, 0.6) is 11.5 Å². The summed E-state index contributed by atoms with van der Waals surface area (Å²) < 4.78 is 11.4. The van der Waals surface area contributed by atoms with Crippen LogP contribution < -0.4 is 15.2 Å². The molecule has 110 valence electrons. The van der Waals surface area contributed by atoms with Crippen LogP contribution in [-0.4, -0.2) is 24.2 Å². The monoisotopic (exact) mass is 349 g/mol. The molecule has 1 heterocycles. The minimum absolute atomic E-state index is 0.462. The zero-order valence-corrected chi connectivity index (χ0v) is 13.5. The lowest BCUT2D eigenvalue weighted by molar-refractivity contribution is 0.394. The first-order chi connectivity index (χ1) is 10.1. The van der Waals surface area contributed by atoms with E-state index in [0.29, 0.717) is 29.1 Å². The molecule has 2 aromatic rings. The van der Waals surface area contributed by atoms with Gasteiger partial charge in [-0.15, -0.1) is 0 Å². The van der Waals surface area contributed by atoms with Gasteiger partial charge in [0.2, 0.25) is 0 Å². The standard InChI is InChI=1S/C15H16BrN3O2/c1-20-10-5-9(6-11(7-10)21-2)15-18-13(8-3-4-8)12(16)14(17)19-15/h5-8H,3-4H2,1-2H3,(H2,17,18,19). The van der Waals surface area contributed by atoms with Gasteiger partial charge in [-0.2, -0.15) is 0 Å². The average Bonchev–Trinajstić information content (AvgIpc) is 3.33. The van der Waals surface area contributed by atoms with Gasteiger partial charge in [0.15, 0.2) is 5.82 Å². The second-order valence-corrected chi connectivity index (χ2v) is 5.80. The number of nitrogens with zero attached hydrogens (tertiary/aromatic N) is 2. The van der Waals surface area contributed by atoms with Crippen LogP contribution in [0.25, 0.3) is 11.4 Å². The van der Waals surface area contributed by atoms with Gasteiger partial charge in [-0.1, -0.05) is 0 Å². The predicted octanol–water partition coefficient (Wildman–Crippen LogP) is 3.38. The summed E-state index contributed by atoms with van der Waals surface area (Å²) in [6, 6.07) is 5.57. The van der Waals surface area contributed by atoms with Gasteiger partial charge in [0.1, 0.15) is 17.3 Å². The molecule has 1 aromatic carbocycles. The van der Waals surface area contributed by atoms with E-state index in [-0.39, 0.29) is 0 Å². The first kappa shape index (κ1) is 14.1. The zero-order valence-electron chi connectivity index (χ0n) is 11.9. The fourth-order valence-corrected chi connectivity index (χ4v) is 2.68. The maximum absolute atomic E-state index is 6.00. The summed E-state index contributed by atoms with van der Waals surface area (Å²) in [6.45, 7) is 0. The van der Waals surface area contributed by atoms with Gasteiger partial charge in [0.05, 0.1) is 24.4 Å². The average molecular weight is 350 g/mol. The van der Waals surface area contributed by atoms with Crippen LogP contribution in [0.4, 0.5) is 5.82 Å². The minimum Gasteiger partial charge on any atom is -0.497 e. The van der Waals surface area contributed by atoms with Crippen molar-refractivity contribution in [1.82, 2.24) is 9.97 Å². The van der Waals surface area contributed by atoms with Gasteiger partial charge in [-0.3, -0.25) is 0 Å². The second kappa shape index (κ2) is 5.52. The van der Waals surface area contributed by atoms with E-state index < -0.39 is 0 Å². The Morgan fingerprint density at radius 3 is 2.24 bits per heavy atom. The fraction of sp³-hybridized carbons (Fsp3) is 0.333. The number of nitrogens with two attached hydrogens (primary N) is 1. The highest BCUT2D eigenvalue weighted by molar-refractivity contribution is 9.10. The van der Waals surface area contributed by atoms with E-state index >= 15 is 0 Å². The summed E-state index contributed by atoms with van der Waals surface area (Å²) in [7, 11) is 3.23. The van der Waals surface area contributed by atoms with E-state index in [2.05, 4.69) is 25.9 Å². The summed E-state index contributed by atoms with van der Waals surface area (Å²) in [6.07, 6.45) is 2.30. The van der Waals surface area contributed by atoms with Crippen molar-refractivity contribution in [3.63, 3.8) is 0 Å². The van der Waals surface area contributed by atoms with Crippen molar-refractivity contribution >= 4 is 21.7 Å². The number of halogens is 1. The summed E-state index contributed by atoms with van der Waals surface area (Å²) >= 11 is 3.48. The molecule has 0 unspecified atom stereocenters. The largest absolute Gasteiger partial charge is 0.497 e. The Balaban J connectivity index is 2.11. The molecule has 1 aromatic heterocycles. The molecular weight excluding hydrogens is 334 g/mol. The summed E-state index contributed by atoms with van der Waals surface area (Å²) in [5, 5.41) is 0. The van der Waals surface area contributed by atoms with Crippen molar-refractivity contribution in [1.29, 1.82) is 0 Å². The molecule has 0 radical (unpaired) electrons. The highest BCUT2D eigenvalue weighted by Crippen LogP contribution is 2.44. The lowest BCUT2D eigenvalue weighted by Gasteiger charge is -2.11. The predicted molar refractivity (Wildman–Crippen MR) is 84.7 cm³/mol. The molecule has 1 aliphatic carbocycles. The third kappa shape index (κ3) is 2.81. The van der Waals surface area contributed by atoms with E-state index in [4.69, 9.17) is 15.2 Å². The van der Waals surface area contributed by atoms with Gasteiger partial charge in [0, 0.05) is 17.5 Å². The number of anilines is 1. The third-order valence-electron chi connectivity index (χ3n) is 3.48. The molecular formula is C15H16BrN3O2. The van der Waals surface area contributed by atoms with Gasteiger partial charge in [-0.25, -0.2) is 9.97 Å². The number of hydrogen-bond acceptors (Lipinski definition) is 5. The van der Waals surface area contributed by atoms with Crippen LogP contribution in [0, 0.1) is 0 Å².